The SMILES string of the molecule is Cc1ccc(C(C)(C)c2cnc(SCc3c(F)cccc3Cl)n2-c2ccc(F)cc2)cc1C. The van der Waals surface area contributed by atoms with Gasteiger partial charge < -0.3 is 0 Å². The second kappa shape index (κ2) is 9.32. The van der Waals surface area contributed by atoms with E-state index in [4.69, 9.17) is 11.6 Å². The van der Waals surface area contributed by atoms with Crippen molar-refractivity contribution in [3.63, 3.8) is 0 Å². The molecule has 6 heteroatoms. The van der Waals surface area contributed by atoms with Gasteiger partial charge in [-0.1, -0.05) is 61.5 Å². The van der Waals surface area contributed by atoms with Crippen LogP contribution >= 0.6 is 23.4 Å². The molecule has 0 aliphatic rings. The third kappa shape index (κ3) is 4.71. The van der Waals surface area contributed by atoms with Gasteiger partial charge in [0.2, 0.25) is 0 Å². The van der Waals surface area contributed by atoms with Crippen LogP contribution in [-0.4, -0.2) is 9.55 Å². The van der Waals surface area contributed by atoms with Crippen LogP contribution in [0.25, 0.3) is 5.69 Å². The van der Waals surface area contributed by atoms with Crippen LogP contribution in [-0.2, 0) is 11.2 Å². The smallest absolute Gasteiger partial charge is 0.173 e. The Morgan fingerprint density at radius 2 is 1.70 bits per heavy atom. The first-order valence-electron chi connectivity index (χ1n) is 10.7. The summed E-state index contributed by atoms with van der Waals surface area (Å²) in [6.07, 6.45) is 1.85. The molecule has 3 aromatic carbocycles. The van der Waals surface area contributed by atoms with Gasteiger partial charge in [0.05, 0.1) is 11.9 Å². The predicted octanol–water partition coefficient (Wildman–Crippen LogP) is 8.04. The Morgan fingerprint density at radius 1 is 0.970 bits per heavy atom. The summed E-state index contributed by atoms with van der Waals surface area (Å²) in [6, 6.07) is 17.5. The monoisotopic (exact) mass is 482 g/mol. The highest BCUT2D eigenvalue weighted by Crippen LogP contribution is 2.38. The van der Waals surface area contributed by atoms with Crippen molar-refractivity contribution < 1.29 is 8.78 Å². The number of thioether (sulfide) groups is 1. The molecule has 2 nitrogen and oxygen atoms in total. The normalized spacial score (nSPS) is 11.7. The highest BCUT2D eigenvalue weighted by molar-refractivity contribution is 7.98. The van der Waals surface area contributed by atoms with Gasteiger partial charge in [-0.3, -0.25) is 4.57 Å². The molecule has 1 heterocycles. The molecule has 4 aromatic rings. The van der Waals surface area contributed by atoms with E-state index in [-0.39, 0.29) is 17.0 Å². The maximum Gasteiger partial charge on any atom is 0.173 e. The lowest BCUT2D eigenvalue weighted by atomic mass is 9.80. The molecule has 0 aliphatic heterocycles. The third-order valence-corrected chi connectivity index (χ3v) is 7.42. The maximum absolute atomic E-state index is 14.3. The van der Waals surface area contributed by atoms with E-state index in [2.05, 4.69) is 50.9 Å². The predicted molar refractivity (Wildman–Crippen MR) is 133 cm³/mol. The third-order valence-electron chi connectivity index (χ3n) is 6.09. The number of aromatic nitrogens is 2. The summed E-state index contributed by atoms with van der Waals surface area (Å²) in [5.74, 6) is -0.320. The van der Waals surface area contributed by atoms with Gasteiger partial charge in [-0.15, -0.1) is 0 Å². The van der Waals surface area contributed by atoms with Crippen molar-refractivity contribution in [2.24, 2.45) is 0 Å². The summed E-state index contributed by atoms with van der Waals surface area (Å²) < 4.78 is 30.0. The van der Waals surface area contributed by atoms with Gasteiger partial charge in [0.15, 0.2) is 5.16 Å². The fourth-order valence-electron chi connectivity index (χ4n) is 3.80. The van der Waals surface area contributed by atoms with Crippen LogP contribution in [0.2, 0.25) is 5.02 Å². The van der Waals surface area contributed by atoms with Crippen LogP contribution in [0.4, 0.5) is 8.78 Å². The molecule has 0 atom stereocenters. The average molecular weight is 483 g/mol. The molecule has 0 saturated carbocycles. The van der Waals surface area contributed by atoms with Crippen molar-refractivity contribution in [2.45, 2.75) is 44.0 Å². The van der Waals surface area contributed by atoms with Crippen molar-refractivity contribution in [1.82, 2.24) is 9.55 Å². The lowest BCUT2D eigenvalue weighted by Crippen LogP contribution is -2.23. The Labute approximate surface area is 202 Å². The van der Waals surface area contributed by atoms with Crippen LogP contribution in [0.3, 0.4) is 0 Å². The highest BCUT2D eigenvalue weighted by atomic mass is 35.5. The summed E-state index contributed by atoms with van der Waals surface area (Å²) in [7, 11) is 0. The Bertz CT molecular complexity index is 1280. The van der Waals surface area contributed by atoms with E-state index in [9.17, 15) is 8.78 Å². The van der Waals surface area contributed by atoms with Crippen LogP contribution in [0.5, 0.6) is 0 Å². The van der Waals surface area contributed by atoms with Gasteiger partial charge in [0.1, 0.15) is 11.6 Å². The molecule has 0 fully saturated rings. The summed E-state index contributed by atoms with van der Waals surface area (Å²) in [5, 5.41) is 1.07. The molecule has 0 aliphatic carbocycles. The van der Waals surface area contributed by atoms with Gasteiger partial charge in [-0.05, 0) is 66.9 Å². The molecular formula is C27H25ClF2N2S. The van der Waals surface area contributed by atoms with Crippen LogP contribution in [0.1, 0.15) is 41.8 Å². The van der Waals surface area contributed by atoms with Gasteiger partial charge in [0.25, 0.3) is 0 Å². The summed E-state index contributed by atoms with van der Waals surface area (Å²) in [5.41, 5.74) is 5.42. The minimum Gasteiger partial charge on any atom is -0.291 e. The molecule has 1 aromatic heterocycles. The molecule has 170 valence electrons. The standard InChI is InChI=1S/C27H25ClF2N2S/c1-17-8-9-19(14-18(17)2)27(3,4)25-15-31-26(32(25)21-12-10-20(29)11-13-21)33-16-22-23(28)6-5-7-24(22)30/h5-15H,16H2,1-4H3. The van der Waals surface area contributed by atoms with Crippen LogP contribution in [0.15, 0.2) is 72.0 Å². The van der Waals surface area contributed by atoms with Crippen molar-refractivity contribution in [3.8, 4) is 5.69 Å². The first-order chi connectivity index (χ1) is 15.7. The Kier molecular flexibility index (Phi) is 6.64. The topological polar surface area (TPSA) is 17.8 Å². The number of rotatable bonds is 6. The van der Waals surface area contributed by atoms with E-state index in [0.29, 0.717) is 21.5 Å². The zero-order valence-corrected chi connectivity index (χ0v) is 20.6. The number of benzene rings is 3. The Hall–Kier alpha value is -2.63. The fraction of sp³-hybridized carbons (Fsp3) is 0.222. The molecule has 0 N–H and O–H groups in total. The summed E-state index contributed by atoms with van der Waals surface area (Å²) >= 11 is 7.63. The van der Waals surface area contributed by atoms with Gasteiger partial charge in [-0.2, -0.15) is 0 Å². The maximum atomic E-state index is 14.3. The molecule has 0 bridgehead atoms. The first-order valence-corrected chi connectivity index (χ1v) is 12.0. The van der Waals surface area contributed by atoms with E-state index in [1.54, 1.807) is 24.3 Å². The molecule has 0 saturated heterocycles. The number of imidazole rings is 1. The molecule has 0 spiro atoms. The van der Waals surface area contributed by atoms with Gasteiger partial charge in [-0.25, -0.2) is 13.8 Å². The molecule has 4 rings (SSSR count). The van der Waals surface area contributed by atoms with E-state index >= 15 is 0 Å². The number of nitrogens with zero attached hydrogens (tertiary/aromatic N) is 2. The van der Waals surface area contributed by atoms with E-state index in [1.807, 2.05) is 10.8 Å². The van der Waals surface area contributed by atoms with E-state index < -0.39 is 0 Å². The summed E-state index contributed by atoms with van der Waals surface area (Å²) in [4.78, 5) is 4.69. The molecule has 0 radical (unpaired) electrons. The average Bonchev–Trinajstić information content (AvgIpc) is 3.20. The molecular weight excluding hydrogens is 458 g/mol. The van der Waals surface area contributed by atoms with Crippen LogP contribution in [0, 0.1) is 25.5 Å². The van der Waals surface area contributed by atoms with E-state index in [1.165, 1.54) is 41.1 Å². The minimum atomic E-state index is -0.381. The molecule has 0 amide bonds. The molecule has 0 unspecified atom stereocenters. The lowest BCUT2D eigenvalue weighted by Gasteiger charge is -2.28. The first kappa shape index (κ1) is 23.5. The van der Waals surface area contributed by atoms with Crippen molar-refractivity contribution in [2.75, 3.05) is 0 Å². The summed E-state index contributed by atoms with van der Waals surface area (Å²) in [6.45, 7) is 8.50. The zero-order valence-electron chi connectivity index (χ0n) is 19.0. The number of hydrogen-bond acceptors (Lipinski definition) is 2. The Balaban J connectivity index is 1.80. The second-order valence-electron chi connectivity index (χ2n) is 8.65. The lowest BCUT2D eigenvalue weighted by molar-refractivity contribution is 0.590. The number of hydrogen-bond donors (Lipinski definition) is 0. The second-order valence-corrected chi connectivity index (χ2v) is 10.0. The van der Waals surface area contributed by atoms with Crippen molar-refractivity contribution >= 4 is 23.4 Å². The molecule has 33 heavy (non-hydrogen) atoms. The van der Waals surface area contributed by atoms with Gasteiger partial charge in [0, 0.05) is 27.4 Å². The fourth-order valence-corrected chi connectivity index (χ4v) is 5.14. The van der Waals surface area contributed by atoms with Crippen molar-refractivity contribution in [1.29, 1.82) is 0 Å². The van der Waals surface area contributed by atoms with Gasteiger partial charge >= 0.3 is 0 Å². The van der Waals surface area contributed by atoms with E-state index in [0.717, 1.165) is 16.9 Å². The van der Waals surface area contributed by atoms with Crippen molar-refractivity contribution in [3.05, 3.63) is 111 Å². The highest BCUT2D eigenvalue weighted by Gasteiger charge is 2.30. The zero-order chi connectivity index (χ0) is 23.8. The largest absolute Gasteiger partial charge is 0.291 e. The Morgan fingerprint density at radius 3 is 2.36 bits per heavy atom. The number of aryl methyl sites for hydroxylation is 2. The number of halogens is 3. The minimum absolute atomic E-state index is 0.304. The quantitative estimate of drug-likeness (QED) is 0.259. The van der Waals surface area contributed by atoms with Crippen LogP contribution < -0.4 is 0 Å².